The minimum Gasteiger partial charge on any atom is -0.499 e. The normalized spacial score (nSPS) is 13.2. The first-order valence-corrected chi connectivity index (χ1v) is 7.82. The lowest BCUT2D eigenvalue weighted by atomic mass is 10.0. The molecule has 0 spiro atoms. The van der Waals surface area contributed by atoms with Gasteiger partial charge in [0.25, 0.3) is 0 Å². The van der Waals surface area contributed by atoms with Crippen molar-refractivity contribution < 1.29 is 17.9 Å². The monoisotopic (exact) mass is 294 g/mol. The van der Waals surface area contributed by atoms with Crippen LogP contribution in [-0.2, 0) is 4.74 Å². The largest absolute Gasteiger partial charge is 0.499 e. The van der Waals surface area contributed by atoms with Crippen molar-refractivity contribution in [3.05, 3.63) is 12.8 Å². The van der Waals surface area contributed by atoms with Crippen LogP contribution in [-0.4, -0.2) is 12.3 Å². The van der Waals surface area contributed by atoms with E-state index in [2.05, 4.69) is 13.5 Å². The Bertz CT molecular complexity index is 226. The maximum absolute atomic E-state index is 11.9. The van der Waals surface area contributed by atoms with E-state index in [9.17, 15) is 13.2 Å². The van der Waals surface area contributed by atoms with Gasteiger partial charge in [0.2, 0.25) is 0 Å². The van der Waals surface area contributed by atoms with Crippen molar-refractivity contribution in [3.63, 3.8) is 0 Å². The van der Waals surface area contributed by atoms with Gasteiger partial charge in [-0.05, 0) is 32.1 Å². The molecule has 120 valence electrons. The van der Waals surface area contributed by atoms with Crippen LogP contribution in [0.3, 0.4) is 0 Å². The van der Waals surface area contributed by atoms with Crippen LogP contribution in [0, 0.1) is 0 Å². The van der Waals surface area contributed by atoms with E-state index < -0.39 is 12.6 Å². The fourth-order valence-electron chi connectivity index (χ4n) is 2.27. The Labute approximate surface area is 121 Å². The summed E-state index contributed by atoms with van der Waals surface area (Å²) in [6, 6.07) is 0. The van der Waals surface area contributed by atoms with Crippen molar-refractivity contribution in [2.45, 2.75) is 89.8 Å². The Morgan fingerprint density at radius 1 is 0.950 bits per heavy atom. The van der Waals surface area contributed by atoms with Gasteiger partial charge in [-0.15, -0.1) is 0 Å². The second-order valence-electron chi connectivity index (χ2n) is 5.34. The Morgan fingerprint density at radius 2 is 1.50 bits per heavy atom. The van der Waals surface area contributed by atoms with Crippen LogP contribution in [0.2, 0.25) is 0 Å². The maximum atomic E-state index is 11.9. The first-order chi connectivity index (χ1) is 9.49. The number of hydrogen-bond donors (Lipinski definition) is 0. The molecule has 0 radical (unpaired) electrons. The minimum atomic E-state index is -4.00. The molecule has 0 amide bonds. The third kappa shape index (κ3) is 13.8. The summed E-state index contributed by atoms with van der Waals surface area (Å²) in [6.07, 6.45) is 6.51. The lowest BCUT2D eigenvalue weighted by Gasteiger charge is -2.16. The highest BCUT2D eigenvalue weighted by Gasteiger charge is 2.25. The van der Waals surface area contributed by atoms with Crippen LogP contribution in [0.5, 0.6) is 0 Å². The van der Waals surface area contributed by atoms with E-state index >= 15 is 0 Å². The molecule has 0 aromatic heterocycles. The fraction of sp³-hybridized carbons (Fsp3) is 0.875. The van der Waals surface area contributed by atoms with Crippen molar-refractivity contribution in [2.75, 3.05) is 0 Å². The molecule has 0 aliphatic heterocycles. The van der Waals surface area contributed by atoms with Gasteiger partial charge in [0, 0.05) is 6.42 Å². The predicted octanol–water partition coefficient (Wildman–Crippen LogP) is 6.39. The third-order valence-corrected chi connectivity index (χ3v) is 3.40. The molecule has 0 aromatic carbocycles. The summed E-state index contributed by atoms with van der Waals surface area (Å²) in [5.74, 6) is 0. The van der Waals surface area contributed by atoms with Gasteiger partial charge in [-0.25, -0.2) is 0 Å². The molecule has 0 saturated carbocycles. The van der Waals surface area contributed by atoms with E-state index in [1.807, 2.05) is 0 Å². The average Bonchev–Trinajstić information content (AvgIpc) is 2.36. The van der Waals surface area contributed by atoms with Crippen molar-refractivity contribution in [1.82, 2.24) is 0 Å². The lowest BCUT2D eigenvalue weighted by Crippen LogP contribution is -2.09. The lowest BCUT2D eigenvalue weighted by molar-refractivity contribution is -0.135. The first kappa shape index (κ1) is 19.3. The van der Waals surface area contributed by atoms with E-state index in [4.69, 9.17) is 4.74 Å². The molecule has 0 heterocycles. The molecule has 4 heteroatoms. The minimum absolute atomic E-state index is 0.231. The number of hydrogen-bond acceptors (Lipinski definition) is 1. The highest BCUT2D eigenvalue weighted by atomic mass is 19.4. The summed E-state index contributed by atoms with van der Waals surface area (Å²) in [5.41, 5.74) is 0. The van der Waals surface area contributed by atoms with Gasteiger partial charge in [0.05, 0.1) is 12.4 Å². The van der Waals surface area contributed by atoms with Crippen LogP contribution >= 0.6 is 0 Å². The molecule has 0 aliphatic carbocycles. The van der Waals surface area contributed by atoms with Gasteiger partial charge in [-0.2, -0.15) is 13.2 Å². The summed E-state index contributed by atoms with van der Waals surface area (Å²) in [5, 5.41) is 0. The Hall–Kier alpha value is -0.670. The molecule has 20 heavy (non-hydrogen) atoms. The van der Waals surface area contributed by atoms with E-state index in [0.29, 0.717) is 6.42 Å². The molecule has 0 bridgehead atoms. The molecule has 1 atom stereocenters. The molecular weight excluding hydrogens is 265 g/mol. The van der Waals surface area contributed by atoms with Crippen LogP contribution in [0.4, 0.5) is 13.2 Å². The van der Waals surface area contributed by atoms with Gasteiger partial charge < -0.3 is 4.74 Å². The molecule has 0 aliphatic rings. The SMILES string of the molecule is C=COC(CCCCC)CCCCCCCC(F)(F)F. The van der Waals surface area contributed by atoms with E-state index in [1.54, 1.807) is 0 Å². The van der Waals surface area contributed by atoms with Crippen molar-refractivity contribution >= 4 is 0 Å². The fourth-order valence-corrected chi connectivity index (χ4v) is 2.27. The zero-order valence-corrected chi connectivity index (χ0v) is 12.7. The summed E-state index contributed by atoms with van der Waals surface area (Å²) < 4.78 is 41.3. The average molecular weight is 294 g/mol. The molecule has 0 N–H and O–H groups in total. The summed E-state index contributed by atoms with van der Waals surface area (Å²) in [7, 11) is 0. The highest BCUT2D eigenvalue weighted by molar-refractivity contribution is 4.64. The number of ether oxygens (including phenoxy) is 1. The van der Waals surface area contributed by atoms with Gasteiger partial charge >= 0.3 is 6.18 Å². The van der Waals surface area contributed by atoms with Gasteiger partial charge in [0.15, 0.2) is 0 Å². The van der Waals surface area contributed by atoms with Crippen LogP contribution in [0.1, 0.15) is 77.6 Å². The summed E-state index contributed by atoms with van der Waals surface area (Å²) >= 11 is 0. The van der Waals surface area contributed by atoms with Crippen LogP contribution < -0.4 is 0 Å². The van der Waals surface area contributed by atoms with Crippen LogP contribution in [0.25, 0.3) is 0 Å². The second kappa shape index (κ2) is 12.1. The maximum Gasteiger partial charge on any atom is 0.389 e. The molecule has 1 nitrogen and oxygen atoms in total. The van der Waals surface area contributed by atoms with Crippen LogP contribution in [0.15, 0.2) is 12.8 Å². The topological polar surface area (TPSA) is 9.23 Å². The third-order valence-electron chi connectivity index (χ3n) is 3.40. The van der Waals surface area contributed by atoms with Gasteiger partial charge in [0.1, 0.15) is 0 Å². The van der Waals surface area contributed by atoms with E-state index in [0.717, 1.165) is 32.1 Å². The van der Waals surface area contributed by atoms with E-state index in [1.165, 1.54) is 25.5 Å². The van der Waals surface area contributed by atoms with Crippen molar-refractivity contribution in [3.8, 4) is 0 Å². The summed E-state index contributed by atoms with van der Waals surface area (Å²) in [4.78, 5) is 0. The molecule has 0 aromatic rings. The van der Waals surface area contributed by atoms with Gasteiger partial charge in [-0.1, -0.05) is 45.6 Å². The van der Waals surface area contributed by atoms with E-state index in [-0.39, 0.29) is 12.5 Å². The Morgan fingerprint density at radius 3 is 2.05 bits per heavy atom. The quantitative estimate of drug-likeness (QED) is 0.282. The molecule has 0 saturated heterocycles. The smallest absolute Gasteiger partial charge is 0.389 e. The Balaban J connectivity index is 3.50. The molecule has 0 fully saturated rings. The Kier molecular flexibility index (Phi) is 11.7. The molecule has 1 unspecified atom stereocenters. The number of halogens is 3. The molecular formula is C16H29F3O. The highest BCUT2D eigenvalue weighted by Crippen LogP contribution is 2.23. The predicted molar refractivity (Wildman–Crippen MR) is 77.6 cm³/mol. The standard InChI is InChI=1S/C16H29F3O/c1-3-5-9-12-15(20-4-2)13-10-7-6-8-11-14-16(17,18)19/h4,15H,2-3,5-14H2,1H3. The number of rotatable bonds is 13. The molecule has 0 rings (SSSR count). The summed E-state index contributed by atoms with van der Waals surface area (Å²) in [6.45, 7) is 5.76. The zero-order valence-electron chi connectivity index (χ0n) is 12.7. The first-order valence-electron chi connectivity index (χ1n) is 7.82. The zero-order chi connectivity index (χ0) is 15.3. The number of unbranched alkanes of at least 4 members (excludes halogenated alkanes) is 6. The van der Waals surface area contributed by atoms with Crippen molar-refractivity contribution in [1.29, 1.82) is 0 Å². The van der Waals surface area contributed by atoms with Gasteiger partial charge in [-0.3, -0.25) is 0 Å². The number of alkyl halides is 3. The van der Waals surface area contributed by atoms with Crippen molar-refractivity contribution in [2.24, 2.45) is 0 Å². The second-order valence-corrected chi connectivity index (χ2v) is 5.34.